The summed E-state index contributed by atoms with van der Waals surface area (Å²) in [5.41, 5.74) is 5.98. The minimum absolute atomic E-state index is 0.414. The number of aryl methyl sites for hydroxylation is 2. The summed E-state index contributed by atoms with van der Waals surface area (Å²) in [4.78, 5) is 13.8. The number of aromatic nitrogens is 1. The lowest BCUT2D eigenvalue weighted by Gasteiger charge is -2.07. The highest BCUT2D eigenvalue weighted by Gasteiger charge is 2.06. The summed E-state index contributed by atoms with van der Waals surface area (Å²) in [5.74, 6) is -0.414. The van der Waals surface area contributed by atoms with Crippen molar-refractivity contribution in [2.24, 2.45) is 0 Å². The topological polar surface area (TPSA) is 46.0 Å². The van der Waals surface area contributed by atoms with Crippen LogP contribution in [0.1, 0.15) is 11.1 Å². The zero-order valence-corrected chi connectivity index (χ0v) is 10.3. The van der Waals surface area contributed by atoms with E-state index in [9.17, 15) is 4.79 Å². The van der Waals surface area contributed by atoms with Gasteiger partial charge in [0.2, 0.25) is 0 Å². The third-order valence-corrected chi connectivity index (χ3v) is 3.13. The van der Waals surface area contributed by atoms with Crippen molar-refractivity contribution in [3.8, 4) is 11.1 Å². The van der Waals surface area contributed by atoms with Crippen molar-refractivity contribution in [2.75, 3.05) is 0 Å². The molecular weight excluding hydrogens is 226 g/mol. The molecule has 0 unspecified atom stereocenters. The summed E-state index contributed by atoms with van der Waals surface area (Å²) in [6, 6.07) is 12.1. The fraction of sp³-hybridized carbons (Fsp3) is 0.133. The number of hydrogen-bond acceptors (Lipinski definition) is 2. The Bertz CT molecular complexity index is 781. The normalized spacial score (nSPS) is 11.0. The van der Waals surface area contributed by atoms with Gasteiger partial charge in [-0.2, -0.15) is 0 Å². The number of oxazole rings is 1. The van der Waals surface area contributed by atoms with E-state index < -0.39 is 5.76 Å². The molecule has 3 aromatic rings. The molecule has 0 amide bonds. The third kappa shape index (κ3) is 1.74. The maximum Gasteiger partial charge on any atom is 0.417 e. The Morgan fingerprint density at radius 2 is 1.89 bits per heavy atom. The minimum atomic E-state index is -0.414. The SMILES string of the molecule is Cc1ccc(C)c(-c2ccc3[nH]c(=O)oc3c2)c1. The zero-order chi connectivity index (χ0) is 12.7. The molecule has 0 atom stereocenters. The Labute approximate surface area is 104 Å². The van der Waals surface area contributed by atoms with E-state index in [1.54, 1.807) is 0 Å². The Morgan fingerprint density at radius 1 is 1.06 bits per heavy atom. The number of fused-ring (bicyclic) bond motifs is 1. The van der Waals surface area contributed by atoms with Gasteiger partial charge in [-0.3, -0.25) is 4.98 Å². The predicted molar refractivity (Wildman–Crippen MR) is 71.7 cm³/mol. The fourth-order valence-corrected chi connectivity index (χ4v) is 2.16. The number of H-pyrrole nitrogens is 1. The predicted octanol–water partition coefficient (Wildman–Crippen LogP) is 3.40. The monoisotopic (exact) mass is 239 g/mol. The molecule has 0 saturated heterocycles. The van der Waals surface area contributed by atoms with Crippen molar-refractivity contribution < 1.29 is 4.42 Å². The minimum Gasteiger partial charge on any atom is -0.408 e. The quantitative estimate of drug-likeness (QED) is 0.707. The summed E-state index contributed by atoms with van der Waals surface area (Å²) in [5, 5.41) is 0. The second kappa shape index (κ2) is 3.88. The van der Waals surface area contributed by atoms with Crippen LogP contribution in [0.15, 0.2) is 45.6 Å². The molecule has 90 valence electrons. The highest BCUT2D eigenvalue weighted by atomic mass is 16.4. The van der Waals surface area contributed by atoms with Gasteiger partial charge in [0.05, 0.1) is 5.52 Å². The smallest absolute Gasteiger partial charge is 0.408 e. The standard InChI is InChI=1S/C15H13NO2/c1-9-3-4-10(2)12(7-9)11-5-6-13-14(8-11)18-15(17)16-13/h3-8H,1-2H3,(H,16,17). The molecule has 18 heavy (non-hydrogen) atoms. The Kier molecular flexibility index (Phi) is 2.33. The summed E-state index contributed by atoms with van der Waals surface area (Å²) >= 11 is 0. The van der Waals surface area contributed by atoms with Crippen LogP contribution in [0.5, 0.6) is 0 Å². The number of benzene rings is 2. The molecule has 1 N–H and O–H groups in total. The fourth-order valence-electron chi connectivity index (χ4n) is 2.16. The molecular formula is C15H13NO2. The van der Waals surface area contributed by atoms with Crippen LogP contribution in [-0.4, -0.2) is 4.98 Å². The van der Waals surface area contributed by atoms with Gasteiger partial charge in [0, 0.05) is 0 Å². The Balaban J connectivity index is 2.24. The summed E-state index contributed by atoms with van der Waals surface area (Å²) in [6.07, 6.45) is 0. The van der Waals surface area contributed by atoms with Gasteiger partial charge < -0.3 is 4.42 Å². The van der Waals surface area contributed by atoms with E-state index in [1.165, 1.54) is 16.7 Å². The number of hydrogen-bond donors (Lipinski definition) is 1. The van der Waals surface area contributed by atoms with Gasteiger partial charge in [-0.1, -0.05) is 29.8 Å². The maximum absolute atomic E-state index is 11.1. The lowest BCUT2D eigenvalue weighted by atomic mass is 9.98. The molecule has 1 heterocycles. The van der Waals surface area contributed by atoms with Crippen LogP contribution in [0.2, 0.25) is 0 Å². The molecule has 0 fully saturated rings. The molecule has 0 aliphatic carbocycles. The first-order valence-corrected chi connectivity index (χ1v) is 5.84. The molecule has 3 nitrogen and oxygen atoms in total. The van der Waals surface area contributed by atoms with Gasteiger partial charge >= 0.3 is 5.76 Å². The second-order valence-electron chi connectivity index (χ2n) is 4.54. The molecule has 0 aliphatic rings. The first-order chi connectivity index (χ1) is 8.63. The number of rotatable bonds is 1. The summed E-state index contributed by atoms with van der Waals surface area (Å²) in [6.45, 7) is 4.14. The molecule has 2 aromatic carbocycles. The van der Waals surface area contributed by atoms with E-state index >= 15 is 0 Å². The molecule has 1 aromatic heterocycles. The van der Waals surface area contributed by atoms with Crippen molar-refractivity contribution in [1.29, 1.82) is 0 Å². The lowest BCUT2D eigenvalue weighted by Crippen LogP contribution is -1.92. The second-order valence-corrected chi connectivity index (χ2v) is 4.54. The van der Waals surface area contributed by atoms with Gasteiger partial charge in [-0.15, -0.1) is 0 Å². The number of nitrogens with one attached hydrogen (secondary N) is 1. The molecule has 0 aliphatic heterocycles. The molecule has 0 radical (unpaired) electrons. The third-order valence-electron chi connectivity index (χ3n) is 3.13. The average molecular weight is 239 g/mol. The molecule has 3 rings (SSSR count). The van der Waals surface area contributed by atoms with Gasteiger partial charge in [0.15, 0.2) is 5.58 Å². The highest BCUT2D eigenvalue weighted by Crippen LogP contribution is 2.26. The van der Waals surface area contributed by atoms with Crippen LogP contribution >= 0.6 is 0 Å². The van der Waals surface area contributed by atoms with Crippen molar-refractivity contribution in [3.05, 3.63) is 58.1 Å². The van der Waals surface area contributed by atoms with Crippen molar-refractivity contribution in [2.45, 2.75) is 13.8 Å². The van der Waals surface area contributed by atoms with Crippen LogP contribution < -0.4 is 5.76 Å². The molecule has 0 spiro atoms. The molecule has 0 saturated carbocycles. The molecule has 3 heteroatoms. The highest BCUT2D eigenvalue weighted by molar-refractivity contribution is 5.81. The molecule has 0 bridgehead atoms. The van der Waals surface area contributed by atoms with E-state index in [2.05, 4.69) is 37.0 Å². The summed E-state index contributed by atoms with van der Waals surface area (Å²) in [7, 11) is 0. The van der Waals surface area contributed by atoms with Crippen LogP contribution in [0.4, 0.5) is 0 Å². The van der Waals surface area contributed by atoms with Crippen molar-refractivity contribution >= 4 is 11.1 Å². The van der Waals surface area contributed by atoms with E-state index in [-0.39, 0.29) is 0 Å². The maximum atomic E-state index is 11.1. The van der Waals surface area contributed by atoms with Gasteiger partial charge in [-0.25, -0.2) is 4.79 Å². The lowest BCUT2D eigenvalue weighted by molar-refractivity contribution is 0.555. The van der Waals surface area contributed by atoms with Gasteiger partial charge in [0.1, 0.15) is 0 Å². The average Bonchev–Trinajstić information content (AvgIpc) is 2.71. The Morgan fingerprint density at radius 3 is 2.72 bits per heavy atom. The van der Waals surface area contributed by atoms with Crippen molar-refractivity contribution in [1.82, 2.24) is 4.98 Å². The van der Waals surface area contributed by atoms with Crippen LogP contribution in [0, 0.1) is 13.8 Å². The van der Waals surface area contributed by atoms with Crippen LogP contribution in [0.25, 0.3) is 22.2 Å². The van der Waals surface area contributed by atoms with Crippen molar-refractivity contribution in [3.63, 3.8) is 0 Å². The summed E-state index contributed by atoms with van der Waals surface area (Å²) < 4.78 is 5.09. The van der Waals surface area contributed by atoms with Crippen LogP contribution in [0.3, 0.4) is 0 Å². The van der Waals surface area contributed by atoms with E-state index in [1.807, 2.05) is 18.2 Å². The zero-order valence-electron chi connectivity index (χ0n) is 10.3. The Hall–Kier alpha value is -2.29. The first-order valence-electron chi connectivity index (χ1n) is 5.84. The van der Waals surface area contributed by atoms with E-state index in [4.69, 9.17) is 4.42 Å². The van der Waals surface area contributed by atoms with E-state index in [0.29, 0.717) is 5.58 Å². The largest absolute Gasteiger partial charge is 0.417 e. The number of aromatic amines is 1. The van der Waals surface area contributed by atoms with Crippen LogP contribution in [-0.2, 0) is 0 Å². The first kappa shape index (κ1) is 10.8. The van der Waals surface area contributed by atoms with E-state index in [0.717, 1.165) is 11.1 Å². The van der Waals surface area contributed by atoms with Gasteiger partial charge in [-0.05, 0) is 42.7 Å². The van der Waals surface area contributed by atoms with Gasteiger partial charge in [0.25, 0.3) is 0 Å².